The fourth-order valence-electron chi connectivity index (χ4n) is 3.83. The average Bonchev–Trinajstić information content (AvgIpc) is 3.13. The monoisotopic (exact) mass is 403 g/mol. The SMILES string of the molecule is Cl.O=C1CCCN1c1ccc(C(=O)N2CCNCC2c2cccc(F)c2)cc1. The molecule has 0 radical (unpaired) electrons. The van der Waals surface area contributed by atoms with Gasteiger partial charge >= 0.3 is 0 Å². The molecule has 2 fully saturated rings. The minimum Gasteiger partial charge on any atom is -0.329 e. The van der Waals surface area contributed by atoms with Gasteiger partial charge in [0.15, 0.2) is 0 Å². The van der Waals surface area contributed by atoms with Crippen molar-refractivity contribution in [3.05, 3.63) is 65.5 Å². The maximum atomic E-state index is 13.6. The van der Waals surface area contributed by atoms with E-state index >= 15 is 0 Å². The average molecular weight is 404 g/mol. The molecule has 2 aromatic carbocycles. The summed E-state index contributed by atoms with van der Waals surface area (Å²) in [5, 5.41) is 3.28. The number of carbonyl (C=O) groups is 2. The summed E-state index contributed by atoms with van der Waals surface area (Å²) in [5.41, 5.74) is 2.19. The van der Waals surface area contributed by atoms with Crippen LogP contribution in [-0.4, -0.2) is 42.9 Å². The van der Waals surface area contributed by atoms with Crippen molar-refractivity contribution in [2.75, 3.05) is 31.1 Å². The Labute approximate surface area is 169 Å². The maximum absolute atomic E-state index is 13.6. The van der Waals surface area contributed by atoms with Crippen LogP contribution in [0.25, 0.3) is 0 Å². The van der Waals surface area contributed by atoms with Gasteiger partial charge in [-0.1, -0.05) is 12.1 Å². The lowest BCUT2D eigenvalue weighted by molar-refractivity contribution is -0.117. The van der Waals surface area contributed by atoms with E-state index in [1.54, 1.807) is 28.0 Å². The van der Waals surface area contributed by atoms with Gasteiger partial charge in [0.1, 0.15) is 5.82 Å². The molecule has 28 heavy (non-hydrogen) atoms. The number of rotatable bonds is 3. The van der Waals surface area contributed by atoms with Crippen LogP contribution in [0.3, 0.4) is 0 Å². The van der Waals surface area contributed by atoms with Crippen molar-refractivity contribution >= 4 is 29.9 Å². The number of nitrogens with zero attached hydrogens (tertiary/aromatic N) is 2. The first-order valence-electron chi connectivity index (χ1n) is 9.31. The molecule has 0 aromatic heterocycles. The summed E-state index contributed by atoms with van der Waals surface area (Å²) in [6.07, 6.45) is 1.45. The van der Waals surface area contributed by atoms with Gasteiger partial charge in [-0.15, -0.1) is 12.4 Å². The Balaban J connectivity index is 0.00000225. The number of amides is 2. The molecule has 7 heteroatoms. The quantitative estimate of drug-likeness (QED) is 0.856. The van der Waals surface area contributed by atoms with Crippen molar-refractivity contribution in [3.8, 4) is 0 Å². The minimum absolute atomic E-state index is 0. The number of nitrogens with one attached hydrogen (secondary N) is 1. The molecule has 2 aromatic rings. The first-order chi connectivity index (χ1) is 13.1. The Hall–Kier alpha value is -2.44. The summed E-state index contributed by atoms with van der Waals surface area (Å²) in [5.74, 6) is -0.252. The van der Waals surface area contributed by atoms with Crippen molar-refractivity contribution < 1.29 is 14.0 Å². The number of benzene rings is 2. The number of anilines is 1. The molecule has 2 aliphatic heterocycles. The highest BCUT2D eigenvalue weighted by atomic mass is 35.5. The number of carbonyl (C=O) groups excluding carboxylic acids is 2. The lowest BCUT2D eigenvalue weighted by atomic mass is 10.0. The van der Waals surface area contributed by atoms with Crippen molar-refractivity contribution in [2.24, 2.45) is 0 Å². The second-order valence-electron chi connectivity index (χ2n) is 6.97. The molecule has 0 spiro atoms. The van der Waals surface area contributed by atoms with Crippen molar-refractivity contribution in [1.82, 2.24) is 10.2 Å². The summed E-state index contributed by atoms with van der Waals surface area (Å²) < 4.78 is 13.6. The summed E-state index contributed by atoms with van der Waals surface area (Å²) in [7, 11) is 0. The largest absolute Gasteiger partial charge is 0.329 e. The second kappa shape index (κ2) is 8.71. The molecule has 1 unspecified atom stereocenters. The van der Waals surface area contributed by atoms with Crippen LogP contribution in [0.2, 0.25) is 0 Å². The zero-order valence-electron chi connectivity index (χ0n) is 15.4. The lowest BCUT2D eigenvalue weighted by Gasteiger charge is -2.36. The van der Waals surface area contributed by atoms with Crippen molar-refractivity contribution in [2.45, 2.75) is 18.9 Å². The third-order valence-corrected chi connectivity index (χ3v) is 5.24. The third-order valence-electron chi connectivity index (χ3n) is 5.24. The molecule has 2 aliphatic rings. The maximum Gasteiger partial charge on any atom is 0.254 e. The van der Waals surface area contributed by atoms with Crippen LogP contribution >= 0.6 is 12.4 Å². The molecular weight excluding hydrogens is 381 g/mol. The molecule has 148 valence electrons. The molecule has 0 bridgehead atoms. The summed E-state index contributed by atoms with van der Waals surface area (Å²) >= 11 is 0. The van der Waals surface area contributed by atoms with Crippen LogP contribution in [0.4, 0.5) is 10.1 Å². The van der Waals surface area contributed by atoms with E-state index in [2.05, 4.69) is 5.32 Å². The van der Waals surface area contributed by atoms with Gasteiger partial charge in [0.2, 0.25) is 5.91 Å². The van der Waals surface area contributed by atoms with E-state index in [-0.39, 0.29) is 36.1 Å². The van der Waals surface area contributed by atoms with E-state index in [0.717, 1.165) is 24.2 Å². The standard InChI is InChI=1S/C21H22FN3O2.ClH/c22-17-4-1-3-16(13-17)19-14-23-10-12-25(19)21(27)15-6-8-18(9-7-15)24-11-2-5-20(24)26;/h1,3-4,6-9,13,19,23H,2,5,10-12,14H2;1H. The summed E-state index contributed by atoms with van der Waals surface area (Å²) in [6.45, 7) is 2.59. The molecule has 0 aliphatic carbocycles. The van der Waals surface area contributed by atoms with Crippen LogP contribution in [0, 0.1) is 5.82 Å². The van der Waals surface area contributed by atoms with Crippen LogP contribution in [0.5, 0.6) is 0 Å². The van der Waals surface area contributed by atoms with Crippen LogP contribution < -0.4 is 10.2 Å². The van der Waals surface area contributed by atoms with Gasteiger partial charge in [-0.05, 0) is 48.4 Å². The molecule has 5 nitrogen and oxygen atoms in total. The predicted octanol–water partition coefficient (Wildman–Crippen LogP) is 3.16. The fraction of sp³-hybridized carbons (Fsp3) is 0.333. The molecule has 2 heterocycles. The normalized spacial score (nSPS) is 19.5. The summed E-state index contributed by atoms with van der Waals surface area (Å²) in [4.78, 5) is 28.5. The summed E-state index contributed by atoms with van der Waals surface area (Å²) in [6, 6.07) is 13.4. The highest BCUT2D eigenvalue weighted by Crippen LogP contribution is 2.26. The number of hydrogen-bond donors (Lipinski definition) is 1. The minimum atomic E-state index is -0.301. The zero-order chi connectivity index (χ0) is 18.8. The van der Waals surface area contributed by atoms with Gasteiger partial charge in [0.25, 0.3) is 5.91 Å². The first kappa shape index (κ1) is 20.3. The fourth-order valence-corrected chi connectivity index (χ4v) is 3.83. The zero-order valence-corrected chi connectivity index (χ0v) is 16.3. The molecule has 0 saturated carbocycles. The Kier molecular flexibility index (Phi) is 6.31. The van der Waals surface area contributed by atoms with E-state index in [0.29, 0.717) is 31.6 Å². The molecule has 1 atom stereocenters. The van der Waals surface area contributed by atoms with E-state index in [9.17, 15) is 14.0 Å². The van der Waals surface area contributed by atoms with Gasteiger partial charge in [0.05, 0.1) is 6.04 Å². The van der Waals surface area contributed by atoms with Gasteiger partial charge < -0.3 is 15.1 Å². The van der Waals surface area contributed by atoms with Gasteiger partial charge in [-0.3, -0.25) is 9.59 Å². The van der Waals surface area contributed by atoms with Gasteiger partial charge in [0, 0.05) is 43.9 Å². The van der Waals surface area contributed by atoms with Crippen molar-refractivity contribution in [1.29, 1.82) is 0 Å². The topological polar surface area (TPSA) is 52.7 Å². The van der Waals surface area contributed by atoms with Gasteiger partial charge in [-0.2, -0.15) is 0 Å². The predicted molar refractivity (Wildman–Crippen MR) is 108 cm³/mol. The second-order valence-corrected chi connectivity index (χ2v) is 6.97. The molecular formula is C21H23ClFN3O2. The lowest BCUT2D eigenvalue weighted by Crippen LogP contribution is -2.48. The van der Waals surface area contributed by atoms with E-state index in [1.807, 2.05) is 18.2 Å². The number of hydrogen-bond acceptors (Lipinski definition) is 3. The molecule has 1 N–H and O–H groups in total. The number of piperazine rings is 1. The highest BCUT2D eigenvalue weighted by molar-refractivity contribution is 5.97. The molecule has 4 rings (SSSR count). The number of halogens is 2. The van der Waals surface area contributed by atoms with E-state index in [1.165, 1.54) is 12.1 Å². The van der Waals surface area contributed by atoms with Crippen molar-refractivity contribution in [3.63, 3.8) is 0 Å². The third kappa shape index (κ3) is 4.03. The van der Waals surface area contributed by atoms with Crippen LogP contribution in [-0.2, 0) is 4.79 Å². The van der Waals surface area contributed by atoms with Crippen LogP contribution in [0.15, 0.2) is 48.5 Å². The van der Waals surface area contributed by atoms with E-state index in [4.69, 9.17) is 0 Å². The Morgan fingerprint density at radius 2 is 1.89 bits per heavy atom. The van der Waals surface area contributed by atoms with Gasteiger partial charge in [-0.25, -0.2) is 4.39 Å². The van der Waals surface area contributed by atoms with E-state index < -0.39 is 0 Å². The first-order valence-corrected chi connectivity index (χ1v) is 9.31. The van der Waals surface area contributed by atoms with Crippen LogP contribution in [0.1, 0.15) is 34.8 Å². The smallest absolute Gasteiger partial charge is 0.254 e. The molecule has 2 saturated heterocycles. The molecule has 2 amide bonds. The Bertz CT molecular complexity index is 859. The Morgan fingerprint density at radius 1 is 1.11 bits per heavy atom. The Morgan fingerprint density at radius 3 is 2.57 bits per heavy atom. The highest BCUT2D eigenvalue weighted by Gasteiger charge is 2.29.